The first-order valence-electron chi connectivity index (χ1n) is 11.6. The molecule has 1 N–H and O–H groups in total. The van der Waals surface area contributed by atoms with Gasteiger partial charge in [-0.3, -0.25) is 9.78 Å². The van der Waals surface area contributed by atoms with Crippen molar-refractivity contribution in [2.75, 3.05) is 0 Å². The van der Waals surface area contributed by atoms with Gasteiger partial charge in [-0.25, -0.2) is 4.79 Å². The minimum atomic E-state index is -1.22. The number of ether oxygens (including phenoxy) is 3. The van der Waals surface area contributed by atoms with Crippen LogP contribution in [0.5, 0.6) is 11.5 Å². The van der Waals surface area contributed by atoms with Crippen LogP contribution in [-0.4, -0.2) is 34.8 Å². The molecule has 1 amide bonds. The third-order valence-electron chi connectivity index (χ3n) is 6.03. The summed E-state index contributed by atoms with van der Waals surface area (Å²) < 4.78 is 17.3. The summed E-state index contributed by atoms with van der Waals surface area (Å²) in [6, 6.07) is 17.3. The van der Waals surface area contributed by atoms with E-state index in [1.165, 1.54) is 6.20 Å². The Morgan fingerprint density at radius 2 is 1.89 bits per heavy atom. The molecule has 182 valence electrons. The zero-order valence-electron chi connectivity index (χ0n) is 19.3. The molecule has 3 aromatic rings. The molecule has 7 nitrogen and oxygen atoms in total. The van der Waals surface area contributed by atoms with Crippen LogP contribution in [0.3, 0.4) is 0 Å². The highest BCUT2D eigenvalue weighted by Crippen LogP contribution is 2.37. The number of carbonyl (C=O) groups is 2. The number of amides is 1. The second-order valence-electron chi connectivity index (χ2n) is 8.70. The normalized spacial score (nSPS) is 20.6. The van der Waals surface area contributed by atoms with Crippen LogP contribution in [0.2, 0.25) is 5.02 Å². The lowest BCUT2D eigenvalue weighted by molar-refractivity contribution is -0.175. The van der Waals surface area contributed by atoms with E-state index in [1.54, 1.807) is 60.8 Å². The van der Waals surface area contributed by atoms with Gasteiger partial charge in [-0.1, -0.05) is 35.7 Å². The second-order valence-corrected chi connectivity index (χ2v) is 9.13. The molecular formula is C28H23ClN2O5. The fourth-order valence-corrected chi connectivity index (χ4v) is 4.54. The van der Waals surface area contributed by atoms with Crippen molar-refractivity contribution < 1.29 is 23.8 Å². The van der Waals surface area contributed by atoms with Crippen molar-refractivity contribution in [1.82, 2.24) is 10.3 Å². The van der Waals surface area contributed by atoms with Gasteiger partial charge in [0.25, 0.3) is 5.91 Å². The van der Waals surface area contributed by atoms with Gasteiger partial charge in [0.1, 0.15) is 0 Å². The summed E-state index contributed by atoms with van der Waals surface area (Å²) in [7, 11) is 0. The van der Waals surface area contributed by atoms with Crippen molar-refractivity contribution in [3.63, 3.8) is 0 Å². The number of carbonyl (C=O) groups excluding carboxylic acids is 2. The fraction of sp³-hybridized carbons (Fsp3) is 0.250. The zero-order chi connectivity index (χ0) is 25.0. The average molecular weight is 503 g/mol. The number of halogens is 1. The monoisotopic (exact) mass is 502 g/mol. The molecule has 1 fully saturated rings. The third kappa shape index (κ3) is 5.45. The number of rotatable bonds is 4. The van der Waals surface area contributed by atoms with E-state index in [0.717, 1.165) is 6.42 Å². The molecule has 2 aromatic carbocycles. The number of nitrogens with one attached hydrogen (secondary N) is 1. The lowest BCUT2D eigenvalue weighted by Gasteiger charge is -2.37. The number of fused-ring (bicyclic) bond motifs is 1. The van der Waals surface area contributed by atoms with Gasteiger partial charge in [-0.05, 0) is 67.6 Å². The molecule has 2 atom stereocenters. The second kappa shape index (κ2) is 10.3. The van der Waals surface area contributed by atoms with Gasteiger partial charge in [-0.2, -0.15) is 0 Å². The molecule has 5 rings (SSSR count). The maximum atomic E-state index is 13.1. The number of hydrogen-bond donors (Lipinski definition) is 1. The molecular weight excluding hydrogens is 480 g/mol. The smallest absolute Gasteiger partial charge is 0.391 e. The van der Waals surface area contributed by atoms with Gasteiger partial charge in [0.05, 0.1) is 5.56 Å². The Kier molecular flexibility index (Phi) is 6.79. The van der Waals surface area contributed by atoms with Crippen LogP contribution in [0.15, 0.2) is 73.1 Å². The molecule has 0 unspecified atom stereocenters. The predicted molar refractivity (Wildman–Crippen MR) is 133 cm³/mol. The highest BCUT2D eigenvalue weighted by molar-refractivity contribution is 6.30. The maximum absolute atomic E-state index is 13.1. The first-order valence-corrected chi connectivity index (χ1v) is 12.0. The van der Waals surface area contributed by atoms with E-state index in [4.69, 9.17) is 25.8 Å². The molecule has 0 bridgehead atoms. The van der Waals surface area contributed by atoms with E-state index in [-0.39, 0.29) is 11.9 Å². The van der Waals surface area contributed by atoms with Crippen LogP contribution < -0.4 is 14.8 Å². The van der Waals surface area contributed by atoms with E-state index in [0.29, 0.717) is 46.9 Å². The van der Waals surface area contributed by atoms with Crippen molar-refractivity contribution in [2.45, 2.75) is 43.6 Å². The number of hydrogen-bond acceptors (Lipinski definition) is 6. The molecule has 0 spiro atoms. The summed E-state index contributed by atoms with van der Waals surface area (Å²) >= 11 is 6.12. The van der Waals surface area contributed by atoms with Crippen molar-refractivity contribution in [3.05, 3.63) is 89.2 Å². The Morgan fingerprint density at radius 3 is 2.61 bits per heavy atom. The van der Waals surface area contributed by atoms with Gasteiger partial charge in [0.15, 0.2) is 17.1 Å². The van der Waals surface area contributed by atoms with Gasteiger partial charge in [-0.15, -0.1) is 0 Å². The quantitative estimate of drug-likeness (QED) is 0.416. The highest BCUT2D eigenvalue weighted by Gasteiger charge is 2.43. The molecule has 2 aliphatic rings. The summed E-state index contributed by atoms with van der Waals surface area (Å²) in [5.41, 5.74) is 0.00729. The molecule has 36 heavy (non-hydrogen) atoms. The van der Waals surface area contributed by atoms with Crippen molar-refractivity contribution >= 4 is 23.5 Å². The van der Waals surface area contributed by atoms with E-state index in [1.807, 2.05) is 6.07 Å². The molecule has 1 aromatic heterocycles. The van der Waals surface area contributed by atoms with Gasteiger partial charge in [0, 0.05) is 35.4 Å². The average Bonchev–Trinajstić information content (AvgIpc) is 3.33. The topological polar surface area (TPSA) is 86.8 Å². The largest absolute Gasteiger partial charge is 0.441 e. The SMILES string of the molecule is O=C(N[C@H]1CCC[C@](C#Cc2cccc(Cl)c2)(OC(=O)C2Oc3ccccc3O2)C1)c1cccnc1. The standard InChI is InChI=1S/C28H23ClN2O5/c29-21-8-3-6-19(16-21)12-14-28(36-26(33)27-34-23-10-1-2-11-24(23)35-27)13-4-9-22(17-28)31-25(32)20-7-5-15-30-18-20/h1-3,5-8,10-11,15-16,18,22,27H,4,9,13,17H2,(H,31,32)/t22-,28+/m0/s1. The lowest BCUT2D eigenvalue weighted by Crippen LogP contribution is -2.49. The number of esters is 1. The summed E-state index contributed by atoms with van der Waals surface area (Å²) in [6.45, 7) is 0. The highest BCUT2D eigenvalue weighted by atomic mass is 35.5. The van der Waals surface area contributed by atoms with E-state index < -0.39 is 17.9 Å². The summed E-state index contributed by atoms with van der Waals surface area (Å²) in [4.78, 5) is 29.9. The number of pyridine rings is 1. The summed E-state index contributed by atoms with van der Waals surface area (Å²) in [5.74, 6) is 6.31. The molecule has 8 heteroatoms. The number of para-hydroxylation sites is 2. The van der Waals surface area contributed by atoms with Crippen LogP contribution >= 0.6 is 11.6 Å². The first-order chi connectivity index (χ1) is 17.5. The molecule has 0 radical (unpaired) electrons. The third-order valence-corrected chi connectivity index (χ3v) is 6.27. The van der Waals surface area contributed by atoms with Crippen molar-refractivity contribution in [2.24, 2.45) is 0 Å². The van der Waals surface area contributed by atoms with Crippen LogP contribution in [0.1, 0.15) is 41.6 Å². The van der Waals surface area contributed by atoms with Crippen molar-refractivity contribution in [3.8, 4) is 23.3 Å². The Balaban J connectivity index is 1.37. The Labute approximate surface area is 213 Å². The Hall–Kier alpha value is -4.02. The van der Waals surface area contributed by atoms with E-state index >= 15 is 0 Å². The van der Waals surface area contributed by atoms with Crippen LogP contribution in [0.25, 0.3) is 0 Å². The lowest BCUT2D eigenvalue weighted by atomic mass is 9.81. The minimum absolute atomic E-state index is 0.240. The van der Waals surface area contributed by atoms with Gasteiger partial charge in [0.2, 0.25) is 0 Å². The Bertz CT molecular complexity index is 1310. The number of benzene rings is 2. The van der Waals surface area contributed by atoms with Crippen LogP contribution in [-0.2, 0) is 9.53 Å². The van der Waals surface area contributed by atoms with Gasteiger partial charge >= 0.3 is 12.3 Å². The maximum Gasteiger partial charge on any atom is 0.391 e. The van der Waals surface area contributed by atoms with Crippen LogP contribution in [0.4, 0.5) is 0 Å². The molecule has 1 saturated carbocycles. The molecule has 1 aliphatic heterocycles. The number of aromatic nitrogens is 1. The molecule has 2 heterocycles. The van der Waals surface area contributed by atoms with Crippen molar-refractivity contribution in [1.29, 1.82) is 0 Å². The first kappa shape index (κ1) is 23.7. The fourth-order valence-electron chi connectivity index (χ4n) is 4.35. The zero-order valence-corrected chi connectivity index (χ0v) is 20.0. The van der Waals surface area contributed by atoms with E-state index in [9.17, 15) is 9.59 Å². The van der Waals surface area contributed by atoms with E-state index in [2.05, 4.69) is 22.1 Å². The van der Waals surface area contributed by atoms with Crippen LogP contribution in [0, 0.1) is 11.8 Å². The predicted octanol–water partition coefficient (Wildman–Crippen LogP) is 4.54. The van der Waals surface area contributed by atoms with Gasteiger partial charge < -0.3 is 19.5 Å². The summed E-state index contributed by atoms with van der Waals surface area (Å²) in [5, 5.41) is 3.59. The summed E-state index contributed by atoms with van der Waals surface area (Å²) in [6.07, 6.45) is 4.14. The Morgan fingerprint density at radius 1 is 1.08 bits per heavy atom. The molecule has 0 saturated heterocycles. The minimum Gasteiger partial charge on any atom is -0.441 e. The number of nitrogens with zero attached hydrogens (tertiary/aromatic N) is 1. The molecule has 1 aliphatic carbocycles.